The van der Waals surface area contributed by atoms with Gasteiger partial charge in [0.05, 0.1) is 17.7 Å². The van der Waals surface area contributed by atoms with E-state index in [-0.39, 0.29) is 23.7 Å². The molecule has 0 fully saturated rings. The fourth-order valence-corrected chi connectivity index (χ4v) is 2.26. The molecule has 0 atom stereocenters. The highest BCUT2D eigenvalue weighted by molar-refractivity contribution is 9.10. The number of carbonyl (C=O) groups excluding carboxylic acids is 2. The summed E-state index contributed by atoms with van der Waals surface area (Å²) in [6, 6.07) is 8.04. The molecule has 2 rings (SSSR count). The summed E-state index contributed by atoms with van der Waals surface area (Å²) in [5.41, 5.74) is 0.333. The van der Waals surface area contributed by atoms with Crippen molar-refractivity contribution in [2.75, 3.05) is 0 Å². The molecule has 92 valence electrons. The van der Waals surface area contributed by atoms with Gasteiger partial charge < -0.3 is 4.42 Å². The molecule has 18 heavy (non-hydrogen) atoms. The average Bonchev–Trinajstić information content (AvgIpc) is 2.81. The van der Waals surface area contributed by atoms with E-state index in [4.69, 9.17) is 16.0 Å². The van der Waals surface area contributed by atoms with Crippen molar-refractivity contribution in [1.82, 2.24) is 0 Å². The lowest BCUT2D eigenvalue weighted by atomic mass is 10.1. The van der Waals surface area contributed by atoms with Gasteiger partial charge in [0, 0.05) is 10.0 Å². The molecule has 0 radical (unpaired) electrons. The maximum atomic E-state index is 11.9. The molecule has 0 N–H and O–H groups in total. The van der Waals surface area contributed by atoms with Crippen LogP contribution in [-0.2, 0) is 0 Å². The van der Waals surface area contributed by atoms with Gasteiger partial charge in [0.25, 0.3) is 0 Å². The fraction of sp³-hybridized carbons (Fsp3) is 0.0769. The Hall–Kier alpha value is -1.39. The first-order valence-corrected chi connectivity index (χ1v) is 6.30. The lowest BCUT2D eigenvalue weighted by Crippen LogP contribution is -2.08. The molecule has 0 aliphatic heterocycles. The van der Waals surface area contributed by atoms with E-state index in [0.717, 1.165) is 4.47 Å². The lowest BCUT2D eigenvalue weighted by Gasteiger charge is -2.02. The zero-order chi connectivity index (χ0) is 13.1. The van der Waals surface area contributed by atoms with Gasteiger partial charge in [0.15, 0.2) is 11.5 Å². The molecule has 1 heterocycles. The average molecular weight is 328 g/mol. The van der Waals surface area contributed by atoms with Gasteiger partial charge in [-0.15, -0.1) is 0 Å². The monoisotopic (exact) mass is 326 g/mol. The van der Waals surface area contributed by atoms with E-state index in [9.17, 15) is 9.59 Å². The molecule has 0 aliphatic rings. The first-order chi connectivity index (χ1) is 8.58. The second-order valence-corrected chi connectivity index (χ2v) is 4.95. The van der Waals surface area contributed by atoms with Crippen molar-refractivity contribution in [1.29, 1.82) is 0 Å². The van der Waals surface area contributed by atoms with Gasteiger partial charge in [0.1, 0.15) is 0 Å². The molecular weight excluding hydrogens is 319 g/mol. The van der Waals surface area contributed by atoms with Crippen molar-refractivity contribution < 1.29 is 14.0 Å². The number of halogens is 2. The summed E-state index contributed by atoms with van der Waals surface area (Å²) >= 11 is 9.20. The van der Waals surface area contributed by atoms with Crippen molar-refractivity contribution in [3.05, 3.63) is 57.4 Å². The standard InChI is InChI=1S/C13H8BrClO3/c14-8-3-4-9(10(15)6-8)11(16)7-12(17)13-2-1-5-18-13/h1-6H,7H2. The Morgan fingerprint density at radius 1 is 1.22 bits per heavy atom. The summed E-state index contributed by atoms with van der Waals surface area (Å²) in [7, 11) is 0. The molecule has 3 nitrogen and oxygen atoms in total. The summed E-state index contributed by atoms with van der Waals surface area (Å²) in [6.07, 6.45) is 1.14. The van der Waals surface area contributed by atoms with E-state index in [0.29, 0.717) is 10.6 Å². The Bertz CT molecular complexity index is 590. The number of hydrogen-bond donors (Lipinski definition) is 0. The maximum absolute atomic E-state index is 11.9. The van der Waals surface area contributed by atoms with E-state index in [2.05, 4.69) is 15.9 Å². The molecule has 0 spiro atoms. The minimum atomic E-state index is -0.357. The highest BCUT2D eigenvalue weighted by atomic mass is 79.9. The number of carbonyl (C=O) groups is 2. The van der Waals surface area contributed by atoms with Gasteiger partial charge in [-0.1, -0.05) is 27.5 Å². The summed E-state index contributed by atoms with van der Waals surface area (Å²) in [5.74, 6) is -0.505. The van der Waals surface area contributed by atoms with Crippen LogP contribution in [0.4, 0.5) is 0 Å². The van der Waals surface area contributed by atoms with Crippen LogP contribution in [0, 0.1) is 0 Å². The Kier molecular flexibility index (Phi) is 3.99. The van der Waals surface area contributed by atoms with E-state index in [1.165, 1.54) is 12.3 Å². The van der Waals surface area contributed by atoms with Crippen LogP contribution in [-0.4, -0.2) is 11.6 Å². The Labute approximate surface area is 117 Å². The normalized spacial score (nSPS) is 10.3. The van der Waals surface area contributed by atoms with E-state index in [1.807, 2.05) is 0 Å². The minimum absolute atomic E-state index is 0.177. The van der Waals surface area contributed by atoms with Crippen LogP contribution in [0.3, 0.4) is 0 Å². The summed E-state index contributed by atoms with van der Waals surface area (Å²) < 4.78 is 5.72. The number of hydrogen-bond acceptors (Lipinski definition) is 3. The summed E-state index contributed by atoms with van der Waals surface area (Å²) in [6.45, 7) is 0. The number of benzene rings is 1. The SMILES string of the molecule is O=C(CC(=O)c1ccc(Br)cc1Cl)c1ccco1. The second-order valence-electron chi connectivity index (χ2n) is 3.62. The molecular formula is C13H8BrClO3. The molecule has 0 bridgehead atoms. The summed E-state index contributed by atoms with van der Waals surface area (Å²) in [4.78, 5) is 23.6. The van der Waals surface area contributed by atoms with E-state index >= 15 is 0 Å². The predicted molar refractivity (Wildman–Crippen MR) is 71.1 cm³/mol. The van der Waals surface area contributed by atoms with Crippen molar-refractivity contribution in [3.8, 4) is 0 Å². The zero-order valence-electron chi connectivity index (χ0n) is 9.15. The second kappa shape index (κ2) is 5.50. The fourth-order valence-electron chi connectivity index (χ4n) is 1.48. The highest BCUT2D eigenvalue weighted by Gasteiger charge is 2.17. The highest BCUT2D eigenvalue weighted by Crippen LogP contribution is 2.23. The van der Waals surface area contributed by atoms with Crippen LogP contribution in [0.1, 0.15) is 27.3 Å². The van der Waals surface area contributed by atoms with Gasteiger partial charge in [-0.2, -0.15) is 0 Å². The number of rotatable bonds is 4. The molecule has 1 aromatic carbocycles. The molecule has 0 aliphatic carbocycles. The van der Waals surface area contributed by atoms with Crippen LogP contribution in [0.15, 0.2) is 45.5 Å². The van der Waals surface area contributed by atoms with Crippen molar-refractivity contribution in [2.24, 2.45) is 0 Å². The first kappa shape index (κ1) is 13.1. The van der Waals surface area contributed by atoms with Crippen molar-refractivity contribution in [3.63, 3.8) is 0 Å². The molecule has 0 unspecified atom stereocenters. The van der Waals surface area contributed by atoms with E-state index in [1.54, 1.807) is 24.3 Å². The number of Topliss-reactive ketones (excluding diaryl/α,β-unsaturated/α-hetero) is 2. The van der Waals surface area contributed by atoms with Gasteiger partial charge in [-0.3, -0.25) is 9.59 Å². The van der Waals surface area contributed by atoms with Crippen LogP contribution in [0.25, 0.3) is 0 Å². The van der Waals surface area contributed by atoms with Crippen molar-refractivity contribution >= 4 is 39.1 Å². The van der Waals surface area contributed by atoms with Gasteiger partial charge in [-0.05, 0) is 30.3 Å². The van der Waals surface area contributed by atoms with Gasteiger partial charge in [0.2, 0.25) is 5.78 Å². The minimum Gasteiger partial charge on any atom is -0.461 e. The number of furan rings is 1. The van der Waals surface area contributed by atoms with Crippen LogP contribution in [0.2, 0.25) is 5.02 Å². The topological polar surface area (TPSA) is 47.3 Å². The molecule has 5 heteroatoms. The third-order valence-electron chi connectivity index (χ3n) is 2.35. The molecule has 0 saturated heterocycles. The zero-order valence-corrected chi connectivity index (χ0v) is 11.5. The molecule has 0 amide bonds. The third kappa shape index (κ3) is 2.89. The largest absolute Gasteiger partial charge is 0.461 e. The quantitative estimate of drug-likeness (QED) is 0.626. The predicted octanol–water partition coefficient (Wildman–Crippen LogP) is 4.15. The molecule has 0 saturated carbocycles. The third-order valence-corrected chi connectivity index (χ3v) is 3.15. The van der Waals surface area contributed by atoms with Crippen molar-refractivity contribution in [2.45, 2.75) is 6.42 Å². The maximum Gasteiger partial charge on any atom is 0.205 e. The van der Waals surface area contributed by atoms with Crippen LogP contribution < -0.4 is 0 Å². The Morgan fingerprint density at radius 2 is 2.00 bits per heavy atom. The lowest BCUT2D eigenvalue weighted by molar-refractivity contribution is 0.0878. The van der Waals surface area contributed by atoms with Crippen LogP contribution >= 0.6 is 27.5 Å². The Balaban J connectivity index is 2.15. The Morgan fingerprint density at radius 3 is 2.61 bits per heavy atom. The molecule has 1 aromatic heterocycles. The summed E-state index contributed by atoms with van der Waals surface area (Å²) in [5, 5.41) is 0.321. The smallest absolute Gasteiger partial charge is 0.205 e. The van der Waals surface area contributed by atoms with E-state index < -0.39 is 0 Å². The molecule has 2 aromatic rings. The van der Waals surface area contributed by atoms with Crippen LogP contribution in [0.5, 0.6) is 0 Å². The van der Waals surface area contributed by atoms with Gasteiger partial charge >= 0.3 is 0 Å². The first-order valence-electron chi connectivity index (χ1n) is 5.13. The number of ketones is 2. The van der Waals surface area contributed by atoms with Gasteiger partial charge in [-0.25, -0.2) is 0 Å².